The molecule has 1 saturated heterocycles. The topological polar surface area (TPSA) is 131 Å². The van der Waals surface area contributed by atoms with Crippen molar-refractivity contribution >= 4 is 29.8 Å². The van der Waals surface area contributed by atoms with Gasteiger partial charge in [-0.25, -0.2) is 9.59 Å². The molecule has 1 atom stereocenters. The first-order valence-electron chi connectivity index (χ1n) is 13.4. The summed E-state index contributed by atoms with van der Waals surface area (Å²) < 4.78 is 4.92. The van der Waals surface area contributed by atoms with Crippen LogP contribution >= 0.6 is 0 Å². The van der Waals surface area contributed by atoms with Gasteiger partial charge in [0.25, 0.3) is 11.8 Å². The van der Waals surface area contributed by atoms with E-state index in [1.807, 2.05) is 91.0 Å². The molecule has 1 fully saturated rings. The third kappa shape index (κ3) is 6.90. The number of nitrogens with zero attached hydrogens (tertiary/aromatic N) is 1. The highest BCUT2D eigenvalue weighted by atomic mass is 16.7. The van der Waals surface area contributed by atoms with Crippen LogP contribution < -0.4 is 10.6 Å². The van der Waals surface area contributed by atoms with Gasteiger partial charge in [0.2, 0.25) is 5.91 Å². The highest BCUT2D eigenvalue weighted by Crippen LogP contribution is 2.37. The molecular formula is C32H31N3O7. The normalized spacial score (nSPS) is 13.7. The summed E-state index contributed by atoms with van der Waals surface area (Å²) in [5, 5.41) is 5.92. The first-order valence-corrected chi connectivity index (χ1v) is 13.4. The van der Waals surface area contributed by atoms with Crippen molar-refractivity contribution in [3.8, 4) is 0 Å². The Kier molecular flexibility index (Phi) is 9.83. The molecule has 10 nitrogen and oxygen atoms in total. The SMILES string of the molecule is C=CCOC(=O)N[C@@H](CCC(=O)NC(c1ccccc1)(c1ccccc1)c1ccccc1)C(=O)ON1C(=O)CCC1=O. The van der Waals surface area contributed by atoms with Crippen LogP contribution in [-0.2, 0) is 34.3 Å². The number of nitrogens with one attached hydrogen (secondary N) is 2. The fourth-order valence-corrected chi connectivity index (χ4v) is 4.71. The first kappa shape index (κ1) is 29.7. The molecule has 3 aromatic carbocycles. The van der Waals surface area contributed by atoms with E-state index < -0.39 is 41.4 Å². The molecule has 0 aromatic heterocycles. The van der Waals surface area contributed by atoms with Gasteiger partial charge in [-0.2, -0.15) is 0 Å². The largest absolute Gasteiger partial charge is 0.445 e. The molecular weight excluding hydrogens is 538 g/mol. The van der Waals surface area contributed by atoms with Crippen molar-refractivity contribution in [2.24, 2.45) is 0 Å². The maximum atomic E-state index is 13.7. The molecule has 2 N–H and O–H groups in total. The van der Waals surface area contributed by atoms with E-state index in [1.165, 1.54) is 6.08 Å². The van der Waals surface area contributed by atoms with E-state index in [1.54, 1.807) is 0 Å². The third-order valence-electron chi connectivity index (χ3n) is 6.70. The van der Waals surface area contributed by atoms with Gasteiger partial charge in [0.1, 0.15) is 18.2 Å². The minimum Gasteiger partial charge on any atom is -0.445 e. The Bertz CT molecular complexity index is 1320. The van der Waals surface area contributed by atoms with E-state index in [-0.39, 0.29) is 32.3 Å². The number of carbonyl (C=O) groups excluding carboxylic acids is 5. The molecule has 3 aromatic rings. The minimum atomic E-state index is -1.39. The quantitative estimate of drug-likeness (QED) is 0.193. The van der Waals surface area contributed by atoms with Crippen LogP contribution in [0.3, 0.4) is 0 Å². The second-order valence-electron chi connectivity index (χ2n) is 9.51. The van der Waals surface area contributed by atoms with Crippen LogP contribution in [0, 0.1) is 0 Å². The lowest BCUT2D eigenvalue weighted by Crippen LogP contribution is -2.49. The van der Waals surface area contributed by atoms with Gasteiger partial charge in [0.15, 0.2) is 0 Å². The number of carbonyl (C=O) groups is 5. The zero-order valence-electron chi connectivity index (χ0n) is 22.9. The van der Waals surface area contributed by atoms with Crippen molar-refractivity contribution in [1.29, 1.82) is 0 Å². The fourth-order valence-electron chi connectivity index (χ4n) is 4.71. The molecule has 1 heterocycles. The standard InChI is InChI=1S/C32H31N3O7/c1-2-22-41-31(40)33-26(30(39)42-35-28(37)20-21-29(35)38)18-19-27(36)34-32(23-12-6-3-7-13-23,24-14-8-4-9-15-24)25-16-10-5-11-17-25/h2-17,26H,1,18-22H2,(H,33,40)(H,34,36)/t26-/m0/s1. The van der Waals surface area contributed by atoms with E-state index in [2.05, 4.69) is 17.2 Å². The number of imide groups is 1. The zero-order chi connectivity index (χ0) is 30.0. The first-order chi connectivity index (χ1) is 20.3. The number of hydrogen-bond acceptors (Lipinski definition) is 7. The number of alkyl carbamates (subject to hydrolysis) is 1. The molecule has 1 aliphatic heterocycles. The summed E-state index contributed by atoms with van der Waals surface area (Å²) in [4.78, 5) is 67.9. The van der Waals surface area contributed by atoms with Crippen LogP contribution in [0.2, 0.25) is 0 Å². The second kappa shape index (κ2) is 13.9. The van der Waals surface area contributed by atoms with E-state index in [4.69, 9.17) is 9.57 Å². The molecule has 42 heavy (non-hydrogen) atoms. The third-order valence-corrected chi connectivity index (χ3v) is 6.70. The van der Waals surface area contributed by atoms with Crippen molar-refractivity contribution < 1.29 is 33.5 Å². The van der Waals surface area contributed by atoms with Crippen molar-refractivity contribution in [2.45, 2.75) is 37.3 Å². The summed E-state index contributed by atoms with van der Waals surface area (Å²) in [6.07, 6.45) is -0.221. The number of ether oxygens (including phenoxy) is 1. The molecule has 0 saturated carbocycles. The maximum Gasteiger partial charge on any atom is 0.408 e. The predicted octanol–water partition coefficient (Wildman–Crippen LogP) is 3.76. The van der Waals surface area contributed by atoms with Gasteiger partial charge in [-0.15, -0.1) is 5.06 Å². The highest BCUT2D eigenvalue weighted by Gasteiger charge is 2.39. The predicted molar refractivity (Wildman–Crippen MR) is 152 cm³/mol. The number of amides is 4. The lowest BCUT2D eigenvalue weighted by Gasteiger charge is -2.37. The Balaban J connectivity index is 1.60. The second-order valence-corrected chi connectivity index (χ2v) is 9.51. The van der Waals surface area contributed by atoms with Crippen LogP contribution in [0.15, 0.2) is 104 Å². The van der Waals surface area contributed by atoms with Crippen LogP contribution in [0.25, 0.3) is 0 Å². The minimum absolute atomic E-state index is 0.0888. The monoisotopic (exact) mass is 569 g/mol. The van der Waals surface area contributed by atoms with Gasteiger partial charge >= 0.3 is 12.1 Å². The number of hydrogen-bond donors (Lipinski definition) is 2. The van der Waals surface area contributed by atoms with Crippen LogP contribution in [0.1, 0.15) is 42.4 Å². The maximum absolute atomic E-state index is 13.7. The lowest BCUT2D eigenvalue weighted by atomic mass is 9.77. The van der Waals surface area contributed by atoms with Crippen LogP contribution in [0.5, 0.6) is 0 Å². The summed E-state index contributed by atoms with van der Waals surface area (Å²) in [6.45, 7) is 3.35. The molecule has 10 heteroatoms. The van der Waals surface area contributed by atoms with Crippen molar-refractivity contribution in [3.63, 3.8) is 0 Å². The Labute approximate surface area is 243 Å². The summed E-state index contributed by atoms with van der Waals surface area (Å²) in [5.74, 6) is -2.85. The molecule has 4 rings (SSSR count). The molecule has 0 bridgehead atoms. The van der Waals surface area contributed by atoms with Crippen molar-refractivity contribution in [2.75, 3.05) is 6.61 Å². The Morgan fingerprint density at radius 1 is 0.833 bits per heavy atom. The van der Waals surface area contributed by atoms with Crippen LogP contribution in [0.4, 0.5) is 4.79 Å². The number of rotatable bonds is 12. The zero-order valence-corrected chi connectivity index (χ0v) is 22.9. The van der Waals surface area contributed by atoms with Gasteiger partial charge in [-0.05, 0) is 23.1 Å². The molecule has 4 amide bonds. The van der Waals surface area contributed by atoms with E-state index in [0.29, 0.717) is 5.06 Å². The van der Waals surface area contributed by atoms with E-state index in [0.717, 1.165) is 16.7 Å². The summed E-state index contributed by atoms with van der Waals surface area (Å²) >= 11 is 0. The lowest BCUT2D eigenvalue weighted by molar-refractivity contribution is -0.199. The summed E-state index contributed by atoms with van der Waals surface area (Å²) in [5.41, 5.74) is 1.35. The van der Waals surface area contributed by atoms with Crippen molar-refractivity contribution in [1.82, 2.24) is 15.7 Å². The van der Waals surface area contributed by atoms with Gasteiger partial charge < -0.3 is 20.2 Å². The Hall–Kier alpha value is -5.25. The van der Waals surface area contributed by atoms with Crippen molar-refractivity contribution in [3.05, 3.63) is 120 Å². The number of benzene rings is 3. The Morgan fingerprint density at radius 3 is 1.76 bits per heavy atom. The summed E-state index contributed by atoms with van der Waals surface area (Å²) in [7, 11) is 0. The van der Waals surface area contributed by atoms with Gasteiger partial charge in [-0.3, -0.25) is 14.4 Å². The molecule has 1 aliphatic rings. The fraction of sp³-hybridized carbons (Fsp3) is 0.219. The molecule has 0 aliphatic carbocycles. The average Bonchev–Trinajstić information content (AvgIpc) is 3.34. The van der Waals surface area contributed by atoms with Gasteiger partial charge in [-0.1, -0.05) is 104 Å². The Morgan fingerprint density at radius 2 is 1.31 bits per heavy atom. The van der Waals surface area contributed by atoms with E-state index >= 15 is 0 Å². The van der Waals surface area contributed by atoms with Gasteiger partial charge in [0, 0.05) is 19.3 Å². The van der Waals surface area contributed by atoms with Crippen LogP contribution in [-0.4, -0.2) is 47.5 Å². The molecule has 0 unspecified atom stereocenters. The van der Waals surface area contributed by atoms with E-state index in [9.17, 15) is 24.0 Å². The summed E-state index contributed by atoms with van der Waals surface area (Å²) in [6, 6.07) is 27.1. The smallest absolute Gasteiger partial charge is 0.408 e. The van der Waals surface area contributed by atoms with Gasteiger partial charge in [0.05, 0.1) is 0 Å². The average molecular weight is 570 g/mol. The number of hydroxylamine groups is 2. The molecule has 216 valence electrons. The molecule has 0 radical (unpaired) electrons. The molecule has 0 spiro atoms. The highest BCUT2D eigenvalue weighted by molar-refractivity contribution is 6.02.